The normalized spacial score (nSPS) is 16.9. The first-order valence-corrected chi connectivity index (χ1v) is 7.09. The summed E-state index contributed by atoms with van der Waals surface area (Å²) in [5, 5.41) is 0. The number of alkyl halides is 2. The van der Waals surface area contributed by atoms with Gasteiger partial charge < -0.3 is 9.64 Å². The minimum atomic E-state index is -3.49. The Balaban J connectivity index is 2.20. The number of nitrogens with zero attached hydrogens (tertiary/aromatic N) is 1. The summed E-state index contributed by atoms with van der Waals surface area (Å²) in [4.78, 5) is 13.2. The molecule has 1 heterocycles. The van der Waals surface area contributed by atoms with Crippen LogP contribution in [-0.2, 0) is 20.9 Å². The van der Waals surface area contributed by atoms with Gasteiger partial charge in [-0.2, -0.15) is 8.78 Å². The number of halogens is 2. The predicted octanol–water partition coefficient (Wildman–Crippen LogP) is 2.93. The zero-order chi connectivity index (χ0) is 15.7. The van der Waals surface area contributed by atoms with Crippen molar-refractivity contribution in [1.29, 1.82) is 0 Å². The average molecular weight is 297 g/mol. The van der Waals surface area contributed by atoms with E-state index in [1.54, 1.807) is 12.1 Å². The van der Waals surface area contributed by atoms with E-state index in [4.69, 9.17) is 4.74 Å². The molecule has 1 aliphatic rings. The third kappa shape index (κ3) is 3.40. The smallest absolute Gasteiger partial charge is 0.349 e. The Morgan fingerprint density at radius 2 is 1.52 bits per heavy atom. The molecule has 1 saturated heterocycles. The minimum Gasteiger partial charge on any atom is -0.378 e. The van der Waals surface area contributed by atoms with Crippen molar-refractivity contribution in [1.82, 2.24) is 4.90 Å². The van der Waals surface area contributed by atoms with Crippen LogP contribution in [0, 0.1) is 0 Å². The first kappa shape index (κ1) is 15.9. The fourth-order valence-electron chi connectivity index (χ4n) is 2.27. The zero-order valence-electron chi connectivity index (χ0n) is 12.7. The fraction of sp³-hybridized carbons (Fsp3) is 0.562. The van der Waals surface area contributed by atoms with Crippen molar-refractivity contribution in [3.63, 3.8) is 0 Å². The molecule has 0 radical (unpaired) electrons. The van der Waals surface area contributed by atoms with Gasteiger partial charge in [-0.05, 0) is 11.0 Å². The van der Waals surface area contributed by atoms with Crippen molar-refractivity contribution >= 4 is 5.91 Å². The van der Waals surface area contributed by atoms with E-state index in [0.717, 1.165) is 5.56 Å². The van der Waals surface area contributed by atoms with E-state index in [1.165, 1.54) is 17.0 Å². The summed E-state index contributed by atoms with van der Waals surface area (Å²) < 4.78 is 33.7. The summed E-state index contributed by atoms with van der Waals surface area (Å²) in [6.07, 6.45) is 0. The Bertz CT molecular complexity index is 500. The monoisotopic (exact) mass is 297 g/mol. The first-order valence-electron chi connectivity index (χ1n) is 7.09. The molecule has 3 nitrogen and oxygen atoms in total. The molecule has 0 atom stereocenters. The highest BCUT2D eigenvalue weighted by Crippen LogP contribution is 2.32. The van der Waals surface area contributed by atoms with Crippen LogP contribution in [0.15, 0.2) is 24.3 Å². The summed E-state index contributed by atoms with van der Waals surface area (Å²) in [6.45, 7) is 7.09. The Morgan fingerprint density at radius 1 is 1.05 bits per heavy atom. The number of morpholine rings is 1. The van der Waals surface area contributed by atoms with Gasteiger partial charge in [0.2, 0.25) is 0 Å². The molecule has 0 N–H and O–H groups in total. The van der Waals surface area contributed by atoms with Crippen molar-refractivity contribution in [3.8, 4) is 0 Å². The molecule has 2 rings (SSSR count). The molecular formula is C16H21F2NO2. The molecule has 21 heavy (non-hydrogen) atoms. The van der Waals surface area contributed by atoms with E-state index in [9.17, 15) is 13.6 Å². The Hall–Kier alpha value is -1.49. The highest BCUT2D eigenvalue weighted by atomic mass is 19.3. The Kier molecular flexibility index (Phi) is 4.33. The van der Waals surface area contributed by atoms with Crippen LogP contribution in [0.25, 0.3) is 0 Å². The molecule has 0 aliphatic carbocycles. The summed E-state index contributed by atoms with van der Waals surface area (Å²) >= 11 is 0. The number of rotatable bonds is 2. The highest BCUT2D eigenvalue weighted by molar-refractivity contribution is 5.85. The van der Waals surface area contributed by atoms with Crippen LogP contribution in [0.4, 0.5) is 8.78 Å². The molecule has 0 aromatic heterocycles. The third-order valence-corrected chi connectivity index (χ3v) is 3.68. The molecular weight excluding hydrogens is 276 g/mol. The van der Waals surface area contributed by atoms with Gasteiger partial charge >= 0.3 is 5.92 Å². The highest BCUT2D eigenvalue weighted by Gasteiger charge is 2.44. The van der Waals surface area contributed by atoms with Crippen LogP contribution in [0.3, 0.4) is 0 Å². The lowest BCUT2D eigenvalue weighted by Crippen LogP contribution is -2.47. The molecule has 0 unspecified atom stereocenters. The molecule has 0 bridgehead atoms. The first-order chi connectivity index (χ1) is 9.73. The van der Waals surface area contributed by atoms with Crippen molar-refractivity contribution in [3.05, 3.63) is 35.4 Å². The van der Waals surface area contributed by atoms with Gasteiger partial charge in [0.05, 0.1) is 13.2 Å². The van der Waals surface area contributed by atoms with Crippen LogP contribution in [0.1, 0.15) is 31.9 Å². The van der Waals surface area contributed by atoms with Crippen molar-refractivity contribution in [2.45, 2.75) is 32.1 Å². The molecule has 0 saturated carbocycles. The van der Waals surface area contributed by atoms with Crippen LogP contribution in [0.5, 0.6) is 0 Å². The number of hydrogen-bond acceptors (Lipinski definition) is 2. The topological polar surface area (TPSA) is 29.5 Å². The molecule has 0 spiro atoms. The van der Waals surface area contributed by atoms with E-state index in [1.807, 2.05) is 20.8 Å². The average Bonchev–Trinajstić information content (AvgIpc) is 2.46. The standard InChI is InChI=1S/C16H21F2NO2/c1-15(2,3)12-4-6-13(7-5-12)16(17,18)14(20)19-8-10-21-11-9-19/h4-7H,8-11H2,1-3H3. The number of carbonyl (C=O) groups is 1. The number of amides is 1. The minimum absolute atomic E-state index is 0.109. The van der Waals surface area contributed by atoms with Gasteiger partial charge in [-0.25, -0.2) is 0 Å². The maximum atomic E-state index is 14.3. The van der Waals surface area contributed by atoms with Crippen molar-refractivity contribution < 1.29 is 18.3 Å². The van der Waals surface area contributed by atoms with Gasteiger partial charge in [0.25, 0.3) is 5.91 Å². The number of carbonyl (C=O) groups excluding carboxylic acids is 1. The van der Waals surface area contributed by atoms with Gasteiger partial charge in [-0.1, -0.05) is 45.0 Å². The van der Waals surface area contributed by atoms with Gasteiger partial charge in [-0.15, -0.1) is 0 Å². The summed E-state index contributed by atoms with van der Waals surface area (Å²) in [7, 11) is 0. The van der Waals surface area contributed by atoms with Crippen LogP contribution in [-0.4, -0.2) is 37.1 Å². The quantitative estimate of drug-likeness (QED) is 0.840. The second kappa shape index (κ2) is 5.72. The third-order valence-electron chi connectivity index (χ3n) is 3.68. The van der Waals surface area contributed by atoms with Gasteiger partial charge in [0.1, 0.15) is 0 Å². The Labute approximate surface area is 123 Å². The second-order valence-corrected chi connectivity index (χ2v) is 6.31. The lowest BCUT2D eigenvalue weighted by molar-refractivity contribution is -0.163. The summed E-state index contributed by atoms with van der Waals surface area (Å²) in [6, 6.07) is 6.02. The van der Waals surface area contributed by atoms with Crippen LogP contribution in [0.2, 0.25) is 0 Å². The van der Waals surface area contributed by atoms with Crippen molar-refractivity contribution in [2.24, 2.45) is 0 Å². The molecule has 1 aromatic rings. The SMILES string of the molecule is CC(C)(C)c1ccc(C(F)(F)C(=O)N2CCOCC2)cc1. The van der Waals surface area contributed by atoms with Crippen LogP contribution < -0.4 is 0 Å². The molecule has 116 valence electrons. The largest absolute Gasteiger partial charge is 0.378 e. The van der Waals surface area contributed by atoms with Gasteiger partial charge in [0, 0.05) is 18.7 Å². The van der Waals surface area contributed by atoms with E-state index in [2.05, 4.69) is 0 Å². The maximum Gasteiger partial charge on any atom is 0.349 e. The second-order valence-electron chi connectivity index (χ2n) is 6.31. The van der Waals surface area contributed by atoms with E-state index in [0.29, 0.717) is 13.2 Å². The summed E-state index contributed by atoms with van der Waals surface area (Å²) in [5.41, 5.74) is 0.593. The summed E-state index contributed by atoms with van der Waals surface area (Å²) in [5.74, 6) is -4.64. The molecule has 5 heteroatoms. The Morgan fingerprint density at radius 3 is 2.00 bits per heavy atom. The molecule has 1 amide bonds. The molecule has 1 aliphatic heterocycles. The van der Waals surface area contributed by atoms with Gasteiger partial charge in [-0.3, -0.25) is 4.79 Å². The lowest BCUT2D eigenvalue weighted by atomic mass is 9.86. The lowest BCUT2D eigenvalue weighted by Gasteiger charge is -2.30. The van der Waals surface area contributed by atoms with E-state index < -0.39 is 11.8 Å². The predicted molar refractivity (Wildman–Crippen MR) is 76.4 cm³/mol. The number of hydrogen-bond donors (Lipinski definition) is 0. The van der Waals surface area contributed by atoms with Crippen molar-refractivity contribution in [2.75, 3.05) is 26.3 Å². The number of ether oxygens (including phenoxy) is 1. The molecule has 1 aromatic carbocycles. The fourth-order valence-corrected chi connectivity index (χ4v) is 2.27. The van der Waals surface area contributed by atoms with Gasteiger partial charge in [0.15, 0.2) is 0 Å². The zero-order valence-corrected chi connectivity index (χ0v) is 12.7. The van der Waals surface area contributed by atoms with E-state index in [-0.39, 0.29) is 24.1 Å². The maximum absolute atomic E-state index is 14.3. The van der Waals surface area contributed by atoms with Crippen LogP contribution >= 0.6 is 0 Å². The van der Waals surface area contributed by atoms with E-state index >= 15 is 0 Å². The molecule has 1 fully saturated rings. The number of benzene rings is 1.